The number of halogens is 2. The first-order chi connectivity index (χ1) is 18.1. The maximum absolute atomic E-state index is 14.0. The van der Waals surface area contributed by atoms with Crippen molar-refractivity contribution in [3.8, 4) is 5.95 Å². The maximum Gasteiger partial charge on any atom is 0.296 e. The summed E-state index contributed by atoms with van der Waals surface area (Å²) in [4.78, 5) is 34.2. The molecule has 0 radical (unpaired) electrons. The zero-order chi connectivity index (χ0) is 25.4. The van der Waals surface area contributed by atoms with Crippen LogP contribution < -0.4 is 10.2 Å². The highest BCUT2D eigenvalue weighted by Crippen LogP contribution is 2.30. The van der Waals surface area contributed by atoms with Crippen molar-refractivity contribution in [2.24, 2.45) is 0 Å². The molecule has 1 amide bonds. The molecule has 196 valence electrons. The van der Waals surface area contributed by atoms with E-state index in [0.717, 1.165) is 38.6 Å². The average Bonchev–Trinajstić information content (AvgIpc) is 3.53. The van der Waals surface area contributed by atoms with Crippen molar-refractivity contribution >= 4 is 28.8 Å². The number of rotatable bonds is 6. The lowest BCUT2D eigenvalue weighted by Crippen LogP contribution is -2.41. The van der Waals surface area contributed by atoms with Crippen LogP contribution in [0.25, 0.3) is 17.0 Å². The molecule has 2 aromatic heterocycles. The van der Waals surface area contributed by atoms with Crippen LogP contribution in [0.4, 0.5) is 20.7 Å². The molecule has 1 N–H and O–H groups in total. The minimum atomic E-state index is -2.80. The molecule has 0 spiro atoms. The van der Waals surface area contributed by atoms with Crippen LogP contribution in [-0.4, -0.2) is 80.2 Å². The lowest BCUT2D eigenvalue weighted by Gasteiger charge is -2.35. The van der Waals surface area contributed by atoms with Gasteiger partial charge in [0.15, 0.2) is 5.82 Å². The van der Waals surface area contributed by atoms with E-state index in [1.807, 2.05) is 9.80 Å². The summed E-state index contributed by atoms with van der Waals surface area (Å²) in [5, 5.41) is 3.44. The lowest BCUT2D eigenvalue weighted by molar-refractivity contribution is -0.130. The molecule has 2 aliphatic heterocycles. The van der Waals surface area contributed by atoms with E-state index >= 15 is 0 Å². The van der Waals surface area contributed by atoms with Crippen molar-refractivity contribution in [1.29, 1.82) is 0 Å². The van der Waals surface area contributed by atoms with E-state index < -0.39 is 12.2 Å². The number of carbonyl (C=O) groups excluding carboxylic acids is 1. The minimum Gasteiger partial charge on any atom is -0.378 e. The van der Waals surface area contributed by atoms with Crippen molar-refractivity contribution in [2.45, 2.75) is 57.0 Å². The molecule has 0 atom stereocenters. The van der Waals surface area contributed by atoms with Gasteiger partial charge in [0, 0.05) is 38.1 Å². The van der Waals surface area contributed by atoms with Crippen LogP contribution in [0.2, 0.25) is 0 Å². The molecule has 6 rings (SSSR count). The van der Waals surface area contributed by atoms with Gasteiger partial charge in [-0.15, -0.1) is 0 Å². The summed E-state index contributed by atoms with van der Waals surface area (Å²) < 4.78 is 34.9. The quantitative estimate of drug-likeness (QED) is 0.537. The zero-order valence-corrected chi connectivity index (χ0v) is 20.5. The summed E-state index contributed by atoms with van der Waals surface area (Å²) in [6.45, 7) is 3.14. The summed E-state index contributed by atoms with van der Waals surface area (Å²) in [6, 6.07) is 7.39. The van der Waals surface area contributed by atoms with E-state index in [4.69, 9.17) is 4.74 Å². The Bertz CT molecular complexity index is 1270. The molecule has 1 saturated carbocycles. The highest BCUT2D eigenvalue weighted by atomic mass is 19.3. The van der Waals surface area contributed by atoms with Crippen molar-refractivity contribution in [1.82, 2.24) is 29.4 Å². The minimum absolute atomic E-state index is 0.111. The smallest absolute Gasteiger partial charge is 0.296 e. The lowest BCUT2D eigenvalue weighted by atomic mass is 9.90. The summed E-state index contributed by atoms with van der Waals surface area (Å²) in [5.74, 6) is 0.743. The molecule has 1 aromatic carbocycles. The van der Waals surface area contributed by atoms with Gasteiger partial charge in [0.05, 0.1) is 24.2 Å². The van der Waals surface area contributed by atoms with Gasteiger partial charge in [0.25, 0.3) is 6.43 Å². The first-order valence-corrected chi connectivity index (χ1v) is 13.0. The standard InChI is InChI=1S/C25H30F2N8O2/c26-21(27)22-29-18-4-1-2-5-19(18)35(22)25-31-23(30-24(32-25)33-12-14-37-15-13-33)28-16-7-9-17(10-8-16)34-11-3-6-20(34)36/h1-2,4-5,16-17,21H,3,6-15H2,(H,28,30,31,32). The Morgan fingerprint density at radius 2 is 1.70 bits per heavy atom. The highest BCUT2D eigenvalue weighted by Gasteiger charge is 2.32. The summed E-state index contributed by atoms with van der Waals surface area (Å²) in [7, 11) is 0. The number of benzene rings is 1. The van der Waals surface area contributed by atoms with Gasteiger partial charge < -0.3 is 19.9 Å². The van der Waals surface area contributed by atoms with Gasteiger partial charge >= 0.3 is 0 Å². The Morgan fingerprint density at radius 3 is 2.43 bits per heavy atom. The molecule has 37 heavy (non-hydrogen) atoms. The summed E-state index contributed by atoms with van der Waals surface area (Å²) in [6.07, 6.45) is 2.38. The number of likely N-dealkylation sites (tertiary alicyclic amines) is 1. The third kappa shape index (κ3) is 4.81. The Morgan fingerprint density at radius 1 is 0.946 bits per heavy atom. The molecule has 3 aliphatic rings. The number of para-hydroxylation sites is 2. The number of anilines is 2. The van der Waals surface area contributed by atoms with Crippen LogP contribution in [0.1, 0.15) is 50.8 Å². The number of alkyl halides is 2. The monoisotopic (exact) mass is 512 g/mol. The fourth-order valence-electron chi connectivity index (χ4n) is 5.59. The number of hydrogen-bond donors (Lipinski definition) is 1. The van der Waals surface area contributed by atoms with E-state index in [-0.39, 0.29) is 23.9 Å². The Balaban J connectivity index is 1.31. The Labute approximate surface area is 213 Å². The number of ether oxygens (including phenoxy) is 1. The number of nitrogens with zero attached hydrogens (tertiary/aromatic N) is 7. The SMILES string of the molecule is O=C1CCCN1C1CCC(Nc2nc(N3CCOCC3)nc(-n3c(C(F)F)nc4ccccc43)n2)CC1. The second kappa shape index (κ2) is 10.2. The van der Waals surface area contributed by atoms with Crippen LogP contribution in [0.3, 0.4) is 0 Å². The van der Waals surface area contributed by atoms with Gasteiger partial charge in [-0.05, 0) is 44.2 Å². The third-order valence-corrected chi connectivity index (χ3v) is 7.47. The molecular formula is C25H30F2N8O2. The number of hydrogen-bond acceptors (Lipinski definition) is 8. The van der Waals surface area contributed by atoms with E-state index in [2.05, 4.69) is 25.3 Å². The van der Waals surface area contributed by atoms with Crippen LogP contribution in [-0.2, 0) is 9.53 Å². The normalized spacial score (nSPS) is 22.8. The molecule has 0 bridgehead atoms. The number of carbonyl (C=O) groups is 1. The van der Waals surface area contributed by atoms with Crippen LogP contribution in [0.15, 0.2) is 24.3 Å². The van der Waals surface area contributed by atoms with Gasteiger partial charge in [-0.1, -0.05) is 12.1 Å². The molecule has 2 saturated heterocycles. The van der Waals surface area contributed by atoms with E-state index in [9.17, 15) is 13.6 Å². The van der Waals surface area contributed by atoms with Crippen molar-refractivity contribution < 1.29 is 18.3 Å². The van der Waals surface area contributed by atoms with E-state index in [1.165, 1.54) is 4.57 Å². The Hall–Kier alpha value is -3.41. The summed E-state index contributed by atoms with van der Waals surface area (Å²) in [5.41, 5.74) is 0.967. The second-order valence-corrected chi connectivity index (χ2v) is 9.79. The largest absolute Gasteiger partial charge is 0.378 e. The highest BCUT2D eigenvalue weighted by molar-refractivity contribution is 5.78. The molecule has 1 aliphatic carbocycles. The molecule has 3 fully saturated rings. The summed E-state index contributed by atoms with van der Waals surface area (Å²) >= 11 is 0. The van der Waals surface area contributed by atoms with Crippen molar-refractivity contribution in [3.05, 3.63) is 30.1 Å². The fourth-order valence-corrected chi connectivity index (χ4v) is 5.59. The zero-order valence-electron chi connectivity index (χ0n) is 20.5. The average molecular weight is 513 g/mol. The number of nitrogens with one attached hydrogen (secondary N) is 1. The molecule has 4 heterocycles. The van der Waals surface area contributed by atoms with Crippen LogP contribution in [0, 0.1) is 0 Å². The van der Waals surface area contributed by atoms with Gasteiger partial charge in [-0.3, -0.25) is 9.36 Å². The first kappa shape index (κ1) is 24.0. The maximum atomic E-state index is 14.0. The van der Waals surface area contributed by atoms with Crippen molar-refractivity contribution in [3.63, 3.8) is 0 Å². The van der Waals surface area contributed by atoms with Gasteiger partial charge in [0.1, 0.15) is 0 Å². The topological polar surface area (TPSA) is 101 Å². The molecule has 0 unspecified atom stereocenters. The Kier molecular flexibility index (Phi) is 6.58. The second-order valence-electron chi connectivity index (χ2n) is 9.79. The number of imidazole rings is 1. The molecule has 12 heteroatoms. The third-order valence-electron chi connectivity index (χ3n) is 7.47. The molecule has 3 aromatic rings. The molecular weight excluding hydrogens is 482 g/mol. The van der Waals surface area contributed by atoms with Gasteiger partial charge in [-0.25, -0.2) is 13.8 Å². The van der Waals surface area contributed by atoms with E-state index in [0.29, 0.717) is 55.7 Å². The number of morpholine rings is 1. The number of fused-ring (bicyclic) bond motifs is 1. The number of amides is 1. The van der Waals surface area contributed by atoms with Gasteiger partial charge in [0.2, 0.25) is 23.8 Å². The van der Waals surface area contributed by atoms with Crippen LogP contribution >= 0.6 is 0 Å². The van der Waals surface area contributed by atoms with Crippen LogP contribution in [0.5, 0.6) is 0 Å². The predicted octanol–water partition coefficient (Wildman–Crippen LogP) is 3.33. The van der Waals surface area contributed by atoms with Crippen molar-refractivity contribution in [2.75, 3.05) is 43.1 Å². The van der Waals surface area contributed by atoms with E-state index in [1.54, 1.807) is 24.3 Å². The van der Waals surface area contributed by atoms with Gasteiger partial charge in [-0.2, -0.15) is 15.0 Å². The number of aromatic nitrogens is 5. The predicted molar refractivity (Wildman–Crippen MR) is 133 cm³/mol. The first-order valence-electron chi connectivity index (χ1n) is 13.0. The fraction of sp³-hybridized carbons (Fsp3) is 0.560. The molecule has 10 nitrogen and oxygen atoms in total.